The molecule has 1 rings (SSSR count). The quantitative estimate of drug-likeness (QED) is 0.665. The third-order valence-electron chi connectivity index (χ3n) is 1.80. The first kappa shape index (κ1) is 11.3. The van der Waals surface area contributed by atoms with Crippen LogP contribution < -0.4 is 0 Å². The molecule has 2 nitrogen and oxygen atoms in total. The van der Waals surface area contributed by atoms with Crippen molar-refractivity contribution in [3.05, 3.63) is 35.4 Å². The second-order valence-electron chi connectivity index (χ2n) is 3.65. The van der Waals surface area contributed by atoms with E-state index in [1.54, 1.807) is 13.3 Å². The molecule has 0 bridgehead atoms. The van der Waals surface area contributed by atoms with Crippen molar-refractivity contribution >= 4 is 18.3 Å². The van der Waals surface area contributed by atoms with Gasteiger partial charge in [-0.15, -0.1) is 0 Å². The van der Waals surface area contributed by atoms with Crippen LogP contribution in [0.3, 0.4) is 0 Å². The molecule has 1 aliphatic rings. The van der Waals surface area contributed by atoms with Crippen molar-refractivity contribution in [3.8, 4) is 0 Å². The Morgan fingerprint density at radius 3 is 2.86 bits per heavy atom. The van der Waals surface area contributed by atoms with E-state index in [1.165, 1.54) is 12.0 Å². The van der Waals surface area contributed by atoms with Crippen LogP contribution in [0.5, 0.6) is 0 Å². The molecule has 0 amide bonds. The molecule has 0 unspecified atom stereocenters. The van der Waals surface area contributed by atoms with Crippen LogP contribution in [-0.4, -0.2) is 13.3 Å². The van der Waals surface area contributed by atoms with Crippen LogP contribution in [0.2, 0.25) is 0 Å². The highest BCUT2D eigenvalue weighted by atomic mass is 32.2. The van der Waals surface area contributed by atoms with Crippen LogP contribution in [0.15, 0.2) is 40.4 Å². The van der Waals surface area contributed by atoms with Crippen molar-refractivity contribution in [1.82, 2.24) is 0 Å². The summed E-state index contributed by atoms with van der Waals surface area (Å²) in [6, 6.07) is 0. The van der Waals surface area contributed by atoms with Gasteiger partial charge in [-0.05, 0) is 5.57 Å². The molecule has 0 saturated carbocycles. The molecule has 0 spiro atoms. The van der Waals surface area contributed by atoms with Crippen LogP contribution in [0, 0.1) is 5.41 Å². The first-order valence-electron chi connectivity index (χ1n) is 4.40. The van der Waals surface area contributed by atoms with Crippen molar-refractivity contribution in [3.63, 3.8) is 0 Å². The lowest BCUT2D eigenvalue weighted by molar-refractivity contribution is 0.493. The monoisotopic (exact) mass is 209 g/mol. The average molecular weight is 209 g/mol. The lowest BCUT2D eigenvalue weighted by atomic mass is 9.92. The Morgan fingerprint density at radius 2 is 2.29 bits per heavy atom. The van der Waals surface area contributed by atoms with E-state index in [0.29, 0.717) is 0 Å². The summed E-state index contributed by atoms with van der Waals surface area (Å²) in [5, 5.41) is 0. The standard InChI is InChI=1S/C11H15NOS/c1-5-9-6-11(2,3)8-12-7-10(9)14-13-4/h5-8H,1H2,2-4H3. The molecule has 0 saturated heterocycles. The Balaban J connectivity index is 3.02. The maximum absolute atomic E-state index is 5.02. The molecule has 14 heavy (non-hydrogen) atoms. The molecule has 76 valence electrons. The van der Waals surface area contributed by atoms with Gasteiger partial charge in [0, 0.05) is 29.9 Å². The molecule has 0 atom stereocenters. The molecule has 0 aromatic carbocycles. The van der Waals surface area contributed by atoms with Crippen LogP contribution in [-0.2, 0) is 4.18 Å². The van der Waals surface area contributed by atoms with E-state index in [4.69, 9.17) is 4.18 Å². The molecule has 0 fully saturated rings. The third-order valence-corrected chi connectivity index (χ3v) is 2.49. The predicted octanol–water partition coefficient (Wildman–Crippen LogP) is 3.35. The first-order valence-corrected chi connectivity index (χ1v) is 5.14. The highest BCUT2D eigenvalue weighted by Crippen LogP contribution is 2.31. The van der Waals surface area contributed by atoms with Gasteiger partial charge in [0.05, 0.1) is 12.0 Å². The molecule has 0 radical (unpaired) electrons. The molecular formula is C11H15NOS. The zero-order valence-corrected chi connectivity index (χ0v) is 9.60. The van der Waals surface area contributed by atoms with E-state index in [-0.39, 0.29) is 5.41 Å². The van der Waals surface area contributed by atoms with Gasteiger partial charge in [-0.25, -0.2) is 0 Å². The van der Waals surface area contributed by atoms with Gasteiger partial charge in [0.15, 0.2) is 0 Å². The van der Waals surface area contributed by atoms with Gasteiger partial charge in [0.1, 0.15) is 0 Å². The van der Waals surface area contributed by atoms with E-state index in [0.717, 1.165) is 10.5 Å². The molecule has 1 heterocycles. The first-order chi connectivity index (χ1) is 6.59. The Kier molecular flexibility index (Phi) is 3.72. The van der Waals surface area contributed by atoms with Crippen molar-refractivity contribution in [2.24, 2.45) is 10.4 Å². The smallest absolute Gasteiger partial charge is 0.0605 e. The summed E-state index contributed by atoms with van der Waals surface area (Å²) in [5.41, 5.74) is 1.04. The van der Waals surface area contributed by atoms with Gasteiger partial charge in [0.2, 0.25) is 0 Å². The Morgan fingerprint density at radius 1 is 1.57 bits per heavy atom. The summed E-state index contributed by atoms with van der Waals surface area (Å²) >= 11 is 1.31. The zero-order chi connectivity index (χ0) is 10.6. The lowest BCUT2D eigenvalue weighted by Crippen LogP contribution is -2.08. The maximum atomic E-state index is 5.02. The zero-order valence-electron chi connectivity index (χ0n) is 8.78. The number of rotatable bonds is 3. The molecule has 1 aliphatic heterocycles. The van der Waals surface area contributed by atoms with Gasteiger partial charge in [-0.1, -0.05) is 32.6 Å². The number of allylic oxidation sites excluding steroid dienone is 3. The number of hydrogen-bond acceptors (Lipinski definition) is 3. The van der Waals surface area contributed by atoms with E-state index >= 15 is 0 Å². The minimum atomic E-state index is -0.0317. The molecule has 3 heteroatoms. The average Bonchev–Trinajstić information content (AvgIpc) is 2.25. The van der Waals surface area contributed by atoms with Gasteiger partial charge >= 0.3 is 0 Å². The van der Waals surface area contributed by atoms with E-state index < -0.39 is 0 Å². The van der Waals surface area contributed by atoms with Crippen LogP contribution in [0.1, 0.15) is 13.8 Å². The molecule has 0 aromatic rings. The number of nitrogens with zero attached hydrogens (tertiary/aromatic N) is 1. The fraction of sp³-hybridized carbons (Fsp3) is 0.364. The Hall–Kier alpha value is -0.800. The minimum Gasteiger partial charge on any atom is -0.314 e. The minimum absolute atomic E-state index is 0.0317. The molecule has 0 aliphatic carbocycles. The van der Waals surface area contributed by atoms with Crippen LogP contribution >= 0.6 is 12.0 Å². The van der Waals surface area contributed by atoms with Crippen LogP contribution in [0.25, 0.3) is 0 Å². The third kappa shape index (κ3) is 2.86. The maximum Gasteiger partial charge on any atom is 0.0605 e. The van der Waals surface area contributed by atoms with Gasteiger partial charge in [0.25, 0.3) is 0 Å². The topological polar surface area (TPSA) is 21.6 Å². The highest BCUT2D eigenvalue weighted by molar-refractivity contribution is 7.98. The summed E-state index contributed by atoms with van der Waals surface area (Å²) in [4.78, 5) is 5.22. The second kappa shape index (κ2) is 4.62. The summed E-state index contributed by atoms with van der Waals surface area (Å²) < 4.78 is 5.02. The van der Waals surface area contributed by atoms with Crippen LogP contribution in [0.4, 0.5) is 0 Å². The normalized spacial score (nSPS) is 19.6. The van der Waals surface area contributed by atoms with Crippen molar-refractivity contribution in [2.75, 3.05) is 7.11 Å². The van der Waals surface area contributed by atoms with Crippen molar-refractivity contribution in [2.45, 2.75) is 13.8 Å². The van der Waals surface area contributed by atoms with Crippen molar-refractivity contribution < 1.29 is 4.18 Å². The Labute approximate surface area is 89.7 Å². The number of hydrogen-bond donors (Lipinski definition) is 0. The SMILES string of the molecule is C=CC1=CC(C)(C)C=NC=C1SOC. The molecule has 0 N–H and O–H groups in total. The molecule has 0 aromatic heterocycles. The Bertz CT molecular complexity index is 313. The predicted molar refractivity (Wildman–Crippen MR) is 63.2 cm³/mol. The second-order valence-corrected chi connectivity index (χ2v) is 4.59. The van der Waals surface area contributed by atoms with E-state index in [2.05, 4.69) is 31.5 Å². The van der Waals surface area contributed by atoms with Gasteiger partial charge in [-0.2, -0.15) is 0 Å². The highest BCUT2D eigenvalue weighted by Gasteiger charge is 2.16. The summed E-state index contributed by atoms with van der Waals surface area (Å²) in [6.45, 7) is 8.00. The fourth-order valence-corrected chi connectivity index (χ4v) is 1.72. The summed E-state index contributed by atoms with van der Waals surface area (Å²) in [7, 11) is 1.64. The summed E-state index contributed by atoms with van der Waals surface area (Å²) in [6.07, 6.45) is 7.68. The van der Waals surface area contributed by atoms with Gasteiger partial charge in [-0.3, -0.25) is 4.99 Å². The van der Waals surface area contributed by atoms with Gasteiger partial charge < -0.3 is 4.18 Å². The fourth-order valence-electron chi connectivity index (χ4n) is 1.20. The summed E-state index contributed by atoms with van der Waals surface area (Å²) in [5.74, 6) is 0. The molecular weight excluding hydrogens is 194 g/mol. The van der Waals surface area contributed by atoms with Crippen molar-refractivity contribution in [1.29, 1.82) is 0 Å². The van der Waals surface area contributed by atoms with E-state index in [9.17, 15) is 0 Å². The lowest BCUT2D eigenvalue weighted by Gasteiger charge is -2.13. The number of aliphatic imine (C=N–C) groups is 1. The largest absolute Gasteiger partial charge is 0.314 e. The van der Waals surface area contributed by atoms with E-state index in [1.807, 2.05) is 12.3 Å².